The van der Waals surface area contributed by atoms with E-state index in [1.807, 2.05) is 6.79 Å². The molecule has 0 aromatic heterocycles. The zero-order valence-electron chi connectivity index (χ0n) is 19.3. The van der Waals surface area contributed by atoms with Gasteiger partial charge in [-0.2, -0.15) is 18.4 Å². The number of carbonyl (C=O) groups excluding carboxylic acids is 3. The van der Waals surface area contributed by atoms with Crippen LogP contribution in [-0.4, -0.2) is 55.3 Å². The largest absolute Gasteiger partial charge is 0.417 e. The van der Waals surface area contributed by atoms with Gasteiger partial charge < -0.3 is 14.4 Å². The highest BCUT2D eigenvalue weighted by Crippen LogP contribution is 2.61. The fourth-order valence-corrected chi connectivity index (χ4v) is 4.73. The molecular weight excluding hydrogens is 439 g/mol. The summed E-state index contributed by atoms with van der Waals surface area (Å²) in [4.78, 5) is 36.8. The number of hydrogen-bond donors (Lipinski definition) is 0. The fraction of sp³-hybridized carbons (Fsp3) is 0.565. The molecule has 2 bridgehead atoms. The number of rotatable bonds is 2. The monoisotopic (exact) mass is 467 g/mol. The maximum absolute atomic E-state index is 13.2. The first-order chi connectivity index (χ1) is 15.3. The van der Waals surface area contributed by atoms with Crippen molar-refractivity contribution >= 4 is 24.3 Å². The molecule has 0 radical (unpaired) electrons. The Bertz CT molecular complexity index is 941. The van der Waals surface area contributed by atoms with Crippen LogP contribution in [0.3, 0.4) is 0 Å². The molecule has 1 aromatic rings. The second-order valence-corrected chi connectivity index (χ2v) is 8.93. The summed E-state index contributed by atoms with van der Waals surface area (Å²) in [6.45, 7) is 8.81. The Morgan fingerprint density at radius 3 is 1.97 bits per heavy atom. The summed E-state index contributed by atoms with van der Waals surface area (Å²) >= 11 is 0. The minimum atomic E-state index is -4.76. The normalized spacial score (nSPS) is 29.8. The molecule has 10 heteroatoms. The topological polar surface area (TPSA) is 90.7 Å². The van der Waals surface area contributed by atoms with E-state index in [9.17, 15) is 22.8 Å². The Morgan fingerprint density at radius 1 is 1.15 bits per heavy atom. The maximum Gasteiger partial charge on any atom is 0.417 e. The number of fused-ring (bicyclic) bond motifs is 5. The Balaban J connectivity index is 0.000000489. The second kappa shape index (κ2) is 9.23. The summed E-state index contributed by atoms with van der Waals surface area (Å²) in [5.74, 6) is -2.47. The third-order valence-electron chi connectivity index (χ3n) is 6.53. The van der Waals surface area contributed by atoms with Crippen molar-refractivity contribution < 1.29 is 32.3 Å². The van der Waals surface area contributed by atoms with E-state index < -0.39 is 52.2 Å². The number of imide groups is 1. The smallest absolute Gasteiger partial charge is 0.367 e. The van der Waals surface area contributed by atoms with Crippen LogP contribution in [0.5, 0.6) is 0 Å². The molecule has 0 aliphatic carbocycles. The van der Waals surface area contributed by atoms with Gasteiger partial charge in [-0.05, 0) is 65.5 Å². The standard InChI is InChI=1S/C18H15F3N2O3.C4H11N.CH2O/c1-16-5-6-17(2,26-16)13-12(16)14(24)23(15(13)25)10-4-3-9(8-22)11(7-10)18(19,20)21;1-4-5(2)3;1-2/h3-4,7,12-13H,5-6H2,1-2H3;4H2,1-3H3;1H2/t12-,13+,16+,17-;;. The lowest BCUT2D eigenvalue weighted by Crippen LogP contribution is -2.40. The number of nitriles is 1. The Hall–Kier alpha value is -2.77. The lowest BCUT2D eigenvalue weighted by Gasteiger charge is -2.27. The molecule has 7 nitrogen and oxygen atoms in total. The molecular formula is C23H28F3N3O4. The third kappa shape index (κ3) is 4.52. The van der Waals surface area contributed by atoms with E-state index in [-0.39, 0.29) is 5.69 Å². The van der Waals surface area contributed by atoms with Crippen LogP contribution < -0.4 is 4.90 Å². The van der Waals surface area contributed by atoms with Gasteiger partial charge in [0.2, 0.25) is 11.8 Å². The molecule has 1 aromatic carbocycles. The molecule has 3 aliphatic rings. The summed E-state index contributed by atoms with van der Waals surface area (Å²) in [5.41, 5.74) is -3.43. The second-order valence-electron chi connectivity index (χ2n) is 8.93. The zero-order valence-corrected chi connectivity index (χ0v) is 19.3. The van der Waals surface area contributed by atoms with Gasteiger partial charge in [0.25, 0.3) is 0 Å². The van der Waals surface area contributed by atoms with Crippen LogP contribution in [0.1, 0.15) is 44.7 Å². The molecule has 0 saturated carbocycles. The summed E-state index contributed by atoms with van der Waals surface area (Å²) < 4.78 is 45.6. The Kier molecular flexibility index (Phi) is 7.41. The average Bonchev–Trinajstić information content (AvgIpc) is 3.32. The first-order valence-corrected chi connectivity index (χ1v) is 10.4. The van der Waals surface area contributed by atoms with E-state index in [4.69, 9.17) is 14.8 Å². The number of halogens is 3. The first kappa shape index (κ1) is 26.5. The van der Waals surface area contributed by atoms with Gasteiger partial charge in [-0.15, -0.1) is 0 Å². The number of amides is 2. The number of benzene rings is 1. The van der Waals surface area contributed by atoms with Crippen molar-refractivity contribution in [3.8, 4) is 6.07 Å². The molecule has 3 heterocycles. The van der Waals surface area contributed by atoms with Crippen molar-refractivity contribution in [2.75, 3.05) is 25.5 Å². The molecule has 2 amide bonds. The van der Waals surface area contributed by atoms with E-state index in [2.05, 4.69) is 25.9 Å². The van der Waals surface area contributed by atoms with Gasteiger partial charge >= 0.3 is 6.18 Å². The fourth-order valence-electron chi connectivity index (χ4n) is 4.73. The van der Waals surface area contributed by atoms with Gasteiger partial charge in [0.15, 0.2) is 0 Å². The number of ether oxygens (including phenoxy) is 1. The van der Waals surface area contributed by atoms with Gasteiger partial charge in [-0.3, -0.25) is 9.59 Å². The van der Waals surface area contributed by atoms with Crippen molar-refractivity contribution in [1.29, 1.82) is 5.26 Å². The van der Waals surface area contributed by atoms with Crippen molar-refractivity contribution in [2.45, 2.75) is 51.0 Å². The average molecular weight is 467 g/mol. The van der Waals surface area contributed by atoms with Crippen LogP contribution in [0.2, 0.25) is 0 Å². The molecule has 3 fully saturated rings. The van der Waals surface area contributed by atoms with E-state index in [0.717, 1.165) is 17.5 Å². The van der Waals surface area contributed by atoms with Crippen LogP contribution in [0.15, 0.2) is 18.2 Å². The van der Waals surface area contributed by atoms with E-state index in [1.54, 1.807) is 13.8 Å². The summed E-state index contributed by atoms with van der Waals surface area (Å²) in [6.07, 6.45) is -3.51. The minimum absolute atomic E-state index is 0.160. The van der Waals surface area contributed by atoms with Gasteiger partial charge in [0.1, 0.15) is 6.79 Å². The molecule has 0 N–H and O–H groups in total. The van der Waals surface area contributed by atoms with Crippen LogP contribution in [-0.2, 0) is 25.3 Å². The number of alkyl halides is 3. The molecule has 4 rings (SSSR count). The van der Waals surface area contributed by atoms with Crippen LogP contribution in [0, 0.1) is 23.2 Å². The predicted octanol–water partition coefficient (Wildman–Crippen LogP) is 3.41. The third-order valence-corrected chi connectivity index (χ3v) is 6.53. The van der Waals surface area contributed by atoms with E-state index in [1.165, 1.54) is 12.1 Å². The molecule has 4 atom stereocenters. The van der Waals surface area contributed by atoms with Gasteiger partial charge in [0, 0.05) is 0 Å². The van der Waals surface area contributed by atoms with Gasteiger partial charge in [0.05, 0.1) is 45.9 Å². The van der Waals surface area contributed by atoms with Crippen molar-refractivity contribution in [2.24, 2.45) is 11.8 Å². The lowest BCUT2D eigenvalue weighted by atomic mass is 9.69. The molecule has 0 unspecified atom stereocenters. The van der Waals surface area contributed by atoms with E-state index in [0.29, 0.717) is 18.9 Å². The van der Waals surface area contributed by atoms with Crippen molar-refractivity contribution in [1.82, 2.24) is 4.90 Å². The minimum Gasteiger partial charge on any atom is -0.367 e. The molecule has 3 saturated heterocycles. The predicted molar refractivity (Wildman–Crippen MR) is 114 cm³/mol. The van der Waals surface area contributed by atoms with Gasteiger partial charge in [-0.25, -0.2) is 4.90 Å². The van der Waals surface area contributed by atoms with E-state index >= 15 is 0 Å². The molecule has 0 spiro atoms. The number of hydrogen-bond acceptors (Lipinski definition) is 6. The highest BCUT2D eigenvalue weighted by Gasteiger charge is 2.72. The SMILES string of the molecule is C=O.CCN(C)C.C[C@]12CC[C@](C)(O1)[C@H]1C(=O)N(c3ccc(C#N)c(C(F)(F)F)c3)C(=O)[C@H]12. The zero-order chi connectivity index (χ0) is 25.4. The summed E-state index contributed by atoms with van der Waals surface area (Å²) in [6, 6.07) is 4.38. The number of anilines is 1. The summed E-state index contributed by atoms with van der Waals surface area (Å²) in [5, 5.41) is 8.90. The van der Waals surface area contributed by atoms with Crippen LogP contribution in [0.25, 0.3) is 0 Å². The Labute approximate surface area is 191 Å². The van der Waals surface area contributed by atoms with Crippen molar-refractivity contribution in [3.63, 3.8) is 0 Å². The van der Waals surface area contributed by atoms with Crippen LogP contribution >= 0.6 is 0 Å². The lowest BCUT2D eigenvalue weighted by molar-refractivity contribution is -0.138. The molecule has 3 aliphatic heterocycles. The maximum atomic E-state index is 13.2. The summed E-state index contributed by atoms with van der Waals surface area (Å²) in [7, 11) is 4.11. The molecule has 180 valence electrons. The number of carbonyl (C=O) groups is 3. The van der Waals surface area contributed by atoms with Gasteiger partial charge in [-0.1, -0.05) is 6.92 Å². The highest BCUT2D eigenvalue weighted by atomic mass is 19.4. The first-order valence-electron chi connectivity index (χ1n) is 10.4. The van der Waals surface area contributed by atoms with Crippen LogP contribution in [0.4, 0.5) is 18.9 Å². The molecule has 33 heavy (non-hydrogen) atoms. The number of nitrogens with zero attached hydrogens (tertiary/aromatic N) is 3. The van der Waals surface area contributed by atoms with Crippen molar-refractivity contribution in [3.05, 3.63) is 29.3 Å². The Morgan fingerprint density at radius 2 is 1.61 bits per heavy atom. The quantitative estimate of drug-likeness (QED) is 0.620. The highest BCUT2D eigenvalue weighted by molar-refractivity contribution is 6.23.